The lowest BCUT2D eigenvalue weighted by atomic mass is 10.0. The molecule has 0 radical (unpaired) electrons. The molecule has 1 atom stereocenters. The van der Waals surface area contributed by atoms with Crippen molar-refractivity contribution in [2.75, 3.05) is 6.54 Å². The summed E-state index contributed by atoms with van der Waals surface area (Å²) in [6.07, 6.45) is -2.95. The molecular formula is C16H20F4N2O2. The molecule has 0 bridgehead atoms. The van der Waals surface area contributed by atoms with Gasteiger partial charge in [0.25, 0.3) is 0 Å². The summed E-state index contributed by atoms with van der Waals surface area (Å²) in [6.45, 7) is -0.0129. The zero-order chi connectivity index (χ0) is 17.8. The van der Waals surface area contributed by atoms with E-state index in [4.69, 9.17) is 0 Å². The maximum absolute atomic E-state index is 12.9. The van der Waals surface area contributed by atoms with Gasteiger partial charge in [-0.25, -0.2) is 9.18 Å². The lowest BCUT2D eigenvalue weighted by Gasteiger charge is -2.25. The number of benzene rings is 1. The topological polar surface area (TPSA) is 61.4 Å². The van der Waals surface area contributed by atoms with E-state index < -0.39 is 36.1 Å². The second-order valence-corrected chi connectivity index (χ2v) is 6.18. The van der Waals surface area contributed by atoms with Crippen LogP contribution >= 0.6 is 0 Å². The van der Waals surface area contributed by atoms with Gasteiger partial charge in [-0.2, -0.15) is 13.2 Å². The Kier molecular flexibility index (Phi) is 5.69. The molecule has 4 nitrogen and oxygen atoms in total. The minimum Gasteiger partial charge on any atom is -0.388 e. The number of carbonyl (C=O) groups is 1. The highest BCUT2D eigenvalue weighted by Crippen LogP contribution is 2.30. The molecule has 0 heterocycles. The van der Waals surface area contributed by atoms with E-state index in [1.54, 1.807) is 0 Å². The number of alkyl halides is 3. The lowest BCUT2D eigenvalue weighted by Crippen LogP contribution is -2.46. The first kappa shape index (κ1) is 18.5. The standard InChI is InChI=1S/C16H20F4N2O2/c17-12-5-3-11(4-6-12)13(9-16(18,19)20)22-14(23)21-10-15(24)7-1-2-8-15/h3-6,13,24H,1-2,7-10H2,(H2,21,22,23). The summed E-state index contributed by atoms with van der Waals surface area (Å²) < 4.78 is 51.1. The molecule has 24 heavy (non-hydrogen) atoms. The molecule has 0 aromatic heterocycles. The summed E-state index contributed by atoms with van der Waals surface area (Å²) in [6, 6.07) is 2.37. The number of amides is 2. The number of hydrogen-bond acceptors (Lipinski definition) is 2. The molecule has 1 aliphatic carbocycles. The summed E-state index contributed by atoms with van der Waals surface area (Å²) in [5.41, 5.74) is -0.837. The summed E-state index contributed by atoms with van der Waals surface area (Å²) in [4.78, 5) is 11.9. The van der Waals surface area contributed by atoms with Crippen LogP contribution in [0.1, 0.15) is 43.7 Å². The highest BCUT2D eigenvalue weighted by atomic mass is 19.4. The minimum absolute atomic E-state index is 0.0129. The highest BCUT2D eigenvalue weighted by Gasteiger charge is 2.34. The fourth-order valence-corrected chi connectivity index (χ4v) is 2.84. The molecule has 134 valence electrons. The van der Waals surface area contributed by atoms with Crippen molar-refractivity contribution in [2.45, 2.75) is 49.9 Å². The van der Waals surface area contributed by atoms with E-state index in [1.165, 1.54) is 12.1 Å². The van der Waals surface area contributed by atoms with Crippen LogP contribution in [-0.4, -0.2) is 29.5 Å². The molecule has 1 aliphatic rings. The third-order valence-electron chi connectivity index (χ3n) is 4.13. The van der Waals surface area contributed by atoms with Gasteiger partial charge in [-0.3, -0.25) is 0 Å². The molecule has 0 aliphatic heterocycles. The van der Waals surface area contributed by atoms with Crippen LogP contribution in [-0.2, 0) is 0 Å². The predicted octanol–water partition coefficient (Wildman–Crippen LogP) is 3.42. The first-order valence-corrected chi connectivity index (χ1v) is 7.76. The van der Waals surface area contributed by atoms with E-state index in [0.717, 1.165) is 25.0 Å². The van der Waals surface area contributed by atoms with Crippen molar-refractivity contribution in [3.05, 3.63) is 35.6 Å². The van der Waals surface area contributed by atoms with E-state index in [1.807, 2.05) is 0 Å². The van der Waals surface area contributed by atoms with E-state index in [0.29, 0.717) is 12.8 Å². The Morgan fingerprint density at radius 3 is 2.33 bits per heavy atom. The molecule has 1 fully saturated rings. The van der Waals surface area contributed by atoms with Gasteiger partial charge >= 0.3 is 12.2 Å². The Bertz CT molecular complexity index is 554. The van der Waals surface area contributed by atoms with Gasteiger partial charge in [-0.05, 0) is 30.5 Å². The van der Waals surface area contributed by atoms with Crippen molar-refractivity contribution >= 4 is 6.03 Å². The summed E-state index contributed by atoms with van der Waals surface area (Å²) >= 11 is 0. The van der Waals surface area contributed by atoms with Crippen molar-refractivity contribution < 1.29 is 27.5 Å². The molecule has 2 rings (SSSR count). The summed E-state index contributed by atoms with van der Waals surface area (Å²) in [5, 5.41) is 14.8. The molecule has 1 aromatic carbocycles. The average molecular weight is 348 g/mol. The second-order valence-electron chi connectivity index (χ2n) is 6.18. The first-order valence-electron chi connectivity index (χ1n) is 7.76. The number of hydrogen-bond donors (Lipinski definition) is 3. The molecule has 1 saturated carbocycles. The van der Waals surface area contributed by atoms with Crippen molar-refractivity contribution in [3.8, 4) is 0 Å². The molecule has 1 aromatic rings. The van der Waals surface area contributed by atoms with Crippen LogP contribution in [0.5, 0.6) is 0 Å². The number of urea groups is 1. The van der Waals surface area contributed by atoms with Gasteiger partial charge in [0.05, 0.1) is 18.1 Å². The SMILES string of the molecule is O=C(NCC1(O)CCCC1)NC(CC(F)(F)F)c1ccc(F)cc1. The number of rotatable bonds is 5. The van der Waals surface area contributed by atoms with E-state index in [-0.39, 0.29) is 12.1 Å². The Morgan fingerprint density at radius 1 is 1.21 bits per heavy atom. The normalized spacial score (nSPS) is 18.2. The van der Waals surface area contributed by atoms with Gasteiger partial charge in [-0.15, -0.1) is 0 Å². The van der Waals surface area contributed by atoms with Crippen LogP contribution in [0, 0.1) is 5.82 Å². The number of nitrogens with one attached hydrogen (secondary N) is 2. The molecule has 2 amide bonds. The van der Waals surface area contributed by atoms with Crippen molar-refractivity contribution in [1.82, 2.24) is 10.6 Å². The van der Waals surface area contributed by atoms with Crippen molar-refractivity contribution in [3.63, 3.8) is 0 Å². The number of carbonyl (C=O) groups excluding carboxylic acids is 1. The Labute approximate surface area is 137 Å². The van der Waals surface area contributed by atoms with Crippen molar-refractivity contribution in [1.29, 1.82) is 0 Å². The number of aliphatic hydroxyl groups is 1. The number of halogens is 4. The van der Waals surface area contributed by atoms with Crippen LogP contribution in [0.4, 0.5) is 22.4 Å². The van der Waals surface area contributed by atoms with Gasteiger partial charge in [0.2, 0.25) is 0 Å². The second kappa shape index (κ2) is 7.38. The predicted molar refractivity (Wildman–Crippen MR) is 79.8 cm³/mol. The molecule has 0 spiro atoms. The fourth-order valence-electron chi connectivity index (χ4n) is 2.84. The van der Waals surface area contributed by atoms with Crippen LogP contribution in [0.2, 0.25) is 0 Å². The summed E-state index contributed by atoms with van der Waals surface area (Å²) in [7, 11) is 0. The monoisotopic (exact) mass is 348 g/mol. The van der Waals surface area contributed by atoms with Crippen LogP contribution in [0.15, 0.2) is 24.3 Å². The van der Waals surface area contributed by atoms with Gasteiger partial charge < -0.3 is 15.7 Å². The van der Waals surface area contributed by atoms with E-state index in [2.05, 4.69) is 10.6 Å². The highest BCUT2D eigenvalue weighted by molar-refractivity contribution is 5.74. The lowest BCUT2D eigenvalue weighted by molar-refractivity contribution is -0.139. The van der Waals surface area contributed by atoms with Crippen LogP contribution in [0.3, 0.4) is 0 Å². The Hall–Kier alpha value is -1.83. The van der Waals surface area contributed by atoms with E-state index >= 15 is 0 Å². The van der Waals surface area contributed by atoms with Crippen LogP contribution < -0.4 is 10.6 Å². The molecular weight excluding hydrogens is 328 g/mol. The molecule has 3 N–H and O–H groups in total. The minimum atomic E-state index is -4.49. The molecule has 1 unspecified atom stereocenters. The maximum atomic E-state index is 12.9. The van der Waals surface area contributed by atoms with Gasteiger partial charge in [0.15, 0.2) is 0 Å². The van der Waals surface area contributed by atoms with Gasteiger partial charge in [-0.1, -0.05) is 25.0 Å². The van der Waals surface area contributed by atoms with Gasteiger partial charge in [0, 0.05) is 6.54 Å². The zero-order valence-electron chi connectivity index (χ0n) is 13.0. The van der Waals surface area contributed by atoms with Crippen LogP contribution in [0.25, 0.3) is 0 Å². The average Bonchev–Trinajstić information content (AvgIpc) is 2.91. The third kappa shape index (κ3) is 5.67. The van der Waals surface area contributed by atoms with Gasteiger partial charge in [0.1, 0.15) is 5.82 Å². The quantitative estimate of drug-likeness (QED) is 0.714. The summed E-state index contributed by atoms with van der Waals surface area (Å²) in [5.74, 6) is -0.572. The maximum Gasteiger partial charge on any atom is 0.391 e. The molecule has 8 heteroatoms. The zero-order valence-corrected chi connectivity index (χ0v) is 13.0. The van der Waals surface area contributed by atoms with E-state index in [9.17, 15) is 27.5 Å². The third-order valence-corrected chi connectivity index (χ3v) is 4.13. The Morgan fingerprint density at radius 2 is 1.79 bits per heavy atom. The largest absolute Gasteiger partial charge is 0.391 e. The Balaban J connectivity index is 1.98. The molecule has 0 saturated heterocycles. The fraction of sp³-hybridized carbons (Fsp3) is 0.562. The first-order chi connectivity index (χ1) is 11.2. The van der Waals surface area contributed by atoms with Crippen molar-refractivity contribution in [2.24, 2.45) is 0 Å². The smallest absolute Gasteiger partial charge is 0.388 e.